The quantitative estimate of drug-likeness (QED) is 0.811. The Morgan fingerprint density at radius 3 is 2.35 bits per heavy atom. The van der Waals surface area contributed by atoms with E-state index in [1.807, 2.05) is 6.92 Å². The van der Waals surface area contributed by atoms with Crippen LogP contribution in [0.25, 0.3) is 0 Å². The van der Waals surface area contributed by atoms with Crippen molar-refractivity contribution in [1.82, 2.24) is 9.80 Å². The summed E-state index contributed by atoms with van der Waals surface area (Å²) in [6.07, 6.45) is 9.37. The van der Waals surface area contributed by atoms with Gasteiger partial charge in [-0.25, -0.2) is 0 Å². The largest absolute Gasteiger partial charge is 0.342 e. The summed E-state index contributed by atoms with van der Waals surface area (Å²) in [4.78, 5) is 17.0. The molecule has 2 rings (SSSR count). The summed E-state index contributed by atoms with van der Waals surface area (Å²) in [6.45, 7) is 7.61. The monoisotopic (exact) mass is 367 g/mol. The highest BCUT2D eigenvalue weighted by atomic mass is 35.5. The van der Waals surface area contributed by atoms with E-state index in [2.05, 4.69) is 9.80 Å². The zero-order valence-electron chi connectivity index (χ0n) is 14.5. The molecule has 2 aliphatic rings. The minimum Gasteiger partial charge on any atom is -0.342 e. The van der Waals surface area contributed by atoms with E-state index in [1.165, 1.54) is 58.2 Å². The fraction of sp³-hybridized carbons (Fsp3) is 0.941. The zero-order valence-corrected chi connectivity index (χ0v) is 16.2. The van der Waals surface area contributed by atoms with Crippen LogP contribution in [0.2, 0.25) is 0 Å². The van der Waals surface area contributed by atoms with Gasteiger partial charge in [0.25, 0.3) is 0 Å². The first-order valence-electron chi connectivity index (χ1n) is 8.91. The van der Waals surface area contributed by atoms with E-state index < -0.39 is 0 Å². The molecular formula is C17H35Cl2N3O. The maximum absolute atomic E-state index is 12.3. The van der Waals surface area contributed by atoms with Crippen LogP contribution in [-0.2, 0) is 4.79 Å². The highest BCUT2D eigenvalue weighted by Crippen LogP contribution is 2.20. The Bertz CT molecular complexity index is 321. The predicted octanol–water partition coefficient (Wildman–Crippen LogP) is 3.07. The van der Waals surface area contributed by atoms with E-state index in [0.717, 1.165) is 19.5 Å². The van der Waals surface area contributed by atoms with Crippen LogP contribution in [0.5, 0.6) is 0 Å². The first-order chi connectivity index (χ1) is 10.1. The summed E-state index contributed by atoms with van der Waals surface area (Å²) in [6, 6.07) is 0.131. The molecule has 2 N–H and O–H groups in total. The van der Waals surface area contributed by atoms with Gasteiger partial charge in [0, 0.05) is 32.1 Å². The highest BCUT2D eigenvalue weighted by molar-refractivity contribution is 5.85. The first kappa shape index (κ1) is 23.0. The van der Waals surface area contributed by atoms with Crippen molar-refractivity contribution in [1.29, 1.82) is 0 Å². The van der Waals surface area contributed by atoms with Gasteiger partial charge in [-0.15, -0.1) is 24.8 Å². The number of amides is 1. The lowest BCUT2D eigenvalue weighted by Gasteiger charge is -2.35. The van der Waals surface area contributed by atoms with Gasteiger partial charge in [0.2, 0.25) is 5.91 Å². The van der Waals surface area contributed by atoms with Gasteiger partial charge in [0.05, 0.1) is 0 Å². The molecule has 23 heavy (non-hydrogen) atoms. The normalized spacial score (nSPS) is 24.1. The topological polar surface area (TPSA) is 49.6 Å². The number of piperidine rings is 1. The van der Waals surface area contributed by atoms with Crippen molar-refractivity contribution in [2.45, 2.75) is 64.3 Å². The van der Waals surface area contributed by atoms with Crippen molar-refractivity contribution in [3.05, 3.63) is 0 Å². The van der Waals surface area contributed by atoms with Crippen LogP contribution in [0, 0.1) is 5.92 Å². The minimum absolute atomic E-state index is 0. The van der Waals surface area contributed by atoms with Crippen molar-refractivity contribution >= 4 is 30.7 Å². The van der Waals surface area contributed by atoms with Crippen molar-refractivity contribution in [3.8, 4) is 0 Å². The van der Waals surface area contributed by atoms with Crippen molar-refractivity contribution in [2.24, 2.45) is 11.7 Å². The number of nitrogens with two attached hydrogens (primary N) is 1. The Morgan fingerprint density at radius 2 is 1.74 bits per heavy atom. The number of carbonyl (C=O) groups excluding carboxylic acids is 1. The average Bonchev–Trinajstić information content (AvgIpc) is 2.73. The third-order valence-corrected chi connectivity index (χ3v) is 4.90. The van der Waals surface area contributed by atoms with Crippen LogP contribution in [-0.4, -0.2) is 54.5 Å². The van der Waals surface area contributed by atoms with Gasteiger partial charge in [0.15, 0.2) is 0 Å². The lowest BCUT2D eigenvalue weighted by atomic mass is 9.96. The molecule has 2 fully saturated rings. The number of carbonyl (C=O) groups is 1. The summed E-state index contributed by atoms with van der Waals surface area (Å²) in [7, 11) is 0. The van der Waals surface area contributed by atoms with Gasteiger partial charge in [-0.2, -0.15) is 0 Å². The fourth-order valence-corrected chi connectivity index (χ4v) is 3.63. The Hall–Kier alpha value is -0.0300. The first-order valence-corrected chi connectivity index (χ1v) is 8.91. The lowest BCUT2D eigenvalue weighted by Crippen LogP contribution is -2.44. The van der Waals surface area contributed by atoms with E-state index in [9.17, 15) is 4.79 Å². The second-order valence-corrected chi connectivity index (χ2v) is 7.08. The average molecular weight is 368 g/mol. The van der Waals surface area contributed by atoms with Gasteiger partial charge in [-0.3, -0.25) is 4.79 Å². The third kappa shape index (κ3) is 8.57. The molecule has 0 aromatic heterocycles. The number of halogens is 2. The van der Waals surface area contributed by atoms with E-state index >= 15 is 0 Å². The molecule has 1 amide bonds. The third-order valence-electron chi connectivity index (χ3n) is 4.90. The molecule has 2 aliphatic heterocycles. The molecule has 0 aliphatic carbocycles. The Kier molecular flexibility index (Phi) is 12.3. The molecule has 0 aromatic carbocycles. The highest BCUT2D eigenvalue weighted by Gasteiger charge is 2.25. The van der Waals surface area contributed by atoms with E-state index in [0.29, 0.717) is 18.2 Å². The predicted molar refractivity (Wildman–Crippen MR) is 102 cm³/mol. The second-order valence-electron chi connectivity index (χ2n) is 7.08. The van der Waals surface area contributed by atoms with Crippen LogP contribution >= 0.6 is 24.8 Å². The molecule has 0 saturated carbocycles. The summed E-state index contributed by atoms with van der Waals surface area (Å²) < 4.78 is 0. The number of rotatable bonds is 5. The molecule has 2 saturated heterocycles. The summed E-state index contributed by atoms with van der Waals surface area (Å²) in [5.41, 5.74) is 5.76. The van der Waals surface area contributed by atoms with Crippen LogP contribution in [0.3, 0.4) is 0 Å². The van der Waals surface area contributed by atoms with Crippen molar-refractivity contribution in [2.75, 3.05) is 32.7 Å². The molecule has 0 aromatic rings. The van der Waals surface area contributed by atoms with Crippen molar-refractivity contribution < 1.29 is 4.79 Å². The summed E-state index contributed by atoms with van der Waals surface area (Å²) >= 11 is 0. The van der Waals surface area contributed by atoms with Crippen LogP contribution in [0.1, 0.15) is 58.3 Å². The van der Waals surface area contributed by atoms with Crippen LogP contribution in [0.15, 0.2) is 0 Å². The SMILES string of the molecule is CC(N)CCC(=O)N1CCCC(CN2CCCCCC2)C1.Cl.Cl. The fourth-order valence-electron chi connectivity index (χ4n) is 3.63. The van der Waals surface area contributed by atoms with Gasteiger partial charge in [-0.05, 0) is 58.0 Å². The maximum atomic E-state index is 12.3. The summed E-state index contributed by atoms with van der Waals surface area (Å²) in [5, 5.41) is 0. The second kappa shape index (κ2) is 12.3. The van der Waals surface area contributed by atoms with E-state index in [1.54, 1.807) is 0 Å². The number of hydrogen-bond acceptors (Lipinski definition) is 3. The van der Waals surface area contributed by atoms with E-state index in [-0.39, 0.29) is 30.9 Å². The number of nitrogens with zero attached hydrogens (tertiary/aromatic N) is 2. The standard InChI is InChI=1S/C17H33N3O.2ClH/c1-15(18)8-9-17(21)20-12-6-7-16(14-20)13-19-10-4-2-3-5-11-19;;/h15-16H,2-14,18H2,1H3;2*1H. The lowest BCUT2D eigenvalue weighted by molar-refractivity contribution is -0.133. The van der Waals surface area contributed by atoms with Crippen molar-refractivity contribution in [3.63, 3.8) is 0 Å². The maximum Gasteiger partial charge on any atom is 0.222 e. The van der Waals surface area contributed by atoms with Gasteiger partial charge >= 0.3 is 0 Å². The smallest absolute Gasteiger partial charge is 0.222 e. The molecular weight excluding hydrogens is 333 g/mol. The minimum atomic E-state index is 0. The molecule has 0 bridgehead atoms. The number of likely N-dealkylation sites (tertiary alicyclic amines) is 2. The molecule has 2 unspecified atom stereocenters. The Morgan fingerprint density at radius 1 is 1.09 bits per heavy atom. The number of hydrogen-bond donors (Lipinski definition) is 1. The molecule has 4 nitrogen and oxygen atoms in total. The molecule has 0 radical (unpaired) electrons. The molecule has 0 spiro atoms. The molecule has 2 atom stereocenters. The van der Waals surface area contributed by atoms with Gasteiger partial charge in [-0.1, -0.05) is 12.8 Å². The van der Waals surface area contributed by atoms with Crippen LogP contribution < -0.4 is 5.73 Å². The molecule has 138 valence electrons. The van der Waals surface area contributed by atoms with Crippen LogP contribution in [0.4, 0.5) is 0 Å². The Labute approximate surface area is 154 Å². The Balaban J connectivity index is 0.00000242. The van der Waals surface area contributed by atoms with Gasteiger partial charge in [0.1, 0.15) is 0 Å². The molecule has 2 heterocycles. The molecule has 6 heteroatoms. The van der Waals surface area contributed by atoms with Gasteiger partial charge < -0.3 is 15.5 Å². The van der Waals surface area contributed by atoms with E-state index in [4.69, 9.17) is 5.73 Å². The zero-order chi connectivity index (χ0) is 15.1. The summed E-state index contributed by atoms with van der Waals surface area (Å²) in [5.74, 6) is 0.990.